The van der Waals surface area contributed by atoms with E-state index in [1.165, 1.54) is 19.1 Å². The molecule has 3 heterocycles. The zero-order valence-electron chi connectivity index (χ0n) is 13.9. The maximum atomic E-state index is 11.6. The number of nitrogens with one attached hydrogen (secondary N) is 1. The van der Waals surface area contributed by atoms with Crippen molar-refractivity contribution in [2.45, 2.75) is 45.4 Å². The van der Waals surface area contributed by atoms with Gasteiger partial charge in [0.25, 0.3) is 5.56 Å². The molecular weight excluding hydrogens is 314 g/mol. The Balaban J connectivity index is 0.000000647. The van der Waals surface area contributed by atoms with E-state index in [0.29, 0.717) is 5.65 Å². The molecule has 0 spiro atoms. The Kier molecular flexibility index (Phi) is 6.44. The Morgan fingerprint density at radius 2 is 2.21 bits per heavy atom. The zero-order valence-corrected chi connectivity index (χ0v) is 13.9. The van der Waals surface area contributed by atoms with Crippen molar-refractivity contribution in [1.82, 2.24) is 19.5 Å². The fourth-order valence-corrected chi connectivity index (χ4v) is 2.33. The molecule has 2 unspecified atom stereocenters. The van der Waals surface area contributed by atoms with Gasteiger partial charge in [-0.1, -0.05) is 20.3 Å². The minimum absolute atomic E-state index is 0.144. The number of nitrogens with two attached hydrogens (primary N) is 1. The van der Waals surface area contributed by atoms with Crippen LogP contribution >= 0.6 is 0 Å². The molecule has 1 saturated heterocycles. The number of carbonyl (C=O) groups excluding carboxylic acids is 1. The summed E-state index contributed by atoms with van der Waals surface area (Å²) in [7, 11) is 0. The first-order valence-electron chi connectivity index (χ1n) is 8.02. The van der Waals surface area contributed by atoms with Crippen molar-refractivity contribution in [2.75, 3.05) is 13.2 Å². The molecule has 0 bridgehead atoms. The number of aromatic amines is 1. The summed E-state index contributed by atoms with van der Waals surface area (Å²) in [5.74, 6) is -0.455. The lowest BCUT2D eigenvalue weighted by Crippen LogP contribution is -2.23. The summed E-state index contributed by atoms with van der Waals surface area (Å²) in [6.07, 6.45) is 5.12. The molecule has 3 rings (SSSR count). The topological polar surface area (TPSA) is 125 Å². The van der Waals surface area contributed by atoms with E-state index in [4.69, 9.17) is 15.2 Å². The highest BCUT2D eigenvalue weighted by molar-refractivity contribution is 5.71. The van der Waals surface area contributed by atoms with Crippen LogP contribution in [0.5, 0.6) is 0 Å². The van der Waals surface area contributed by atoms with Crippen molar-refractivity contribution >= 4 is 17.1 Å². The predicted octanol–water partition coefficient (Wildman–Crippen LogP) is 0.715. The van der Waals surface area contributed by atoms with Crippen molar-refractivity contribution in [1.29, 1.82) is 0 Å². The average molecular weight is 337 g/mol. The summed E-state index contributed by atoms with van der Waals surface area (Å²) < 4.78 is 12.5. The summed E-state index contributed by atoms with van der Waals surface area (Å²) in [5, 5.41) is 0. The molecule has 0 aromatic carbocycles. The van der Waals surface area contributed by atoms with Gasteiger partial charge in [-0.25, -0.2) is 9.97 Å². The van der Waals surface area contributed by atoms with Crippen molar-refractivity contribution in [3.05, 3.63) is 23.0 Å². The molecule has 2 atom stereocenters. The Labute approximate surface area is 139 Å². The lowest BCUT2D eigenvalue weighted by molar-refractivity contribution is -0.146. The average Bonchev–Trinajstić information content (AvgIpc) is 3.20. The first kappa shape index (κ1) is 18.1. The third-order valence-corrected chi connectivity index (χ3v) is 3.36. The second-order valence-electron chi connectivity index (χ2n) is 5.44. The molecule has 0 aliphatic carbocycles. The van der Waals surface area contributed by atoms with E-state index in [-0.39, 0.29) is 36.6 Å². The number of esters is 1. The SMILES string of the molecule is CCC.NCC(=O)OCC1CCC(n2cnc3c(=O)[nH]cnc32)O1. The van der Waals surface area contributed by atoms with Gasteiger partial charge in [0.15, 0.2) is 11.2 Å². The zero-order chi connectivity index (χ0) is 17.5. The minimum atomic E-state index is -0.455. The fourth-order valence-electron chi connectivity index (χ4n) is 2.33. The molecule has 0 saturated carbocycles. The molecule has 132 valence electrons. The van der Waals surface area contributed by atoms with Crippen LogP contribution in [-0.4, -0.2) is 44.7 Å². The van der Waals surface area contributed by atoms with Gasteiger partial charge in [-0.05, 0) is 12.8 Å². The second-order valence-corrected chi connectivity index (χ2v) is 5.44. The number of H-pyrrole nitrogens is 1. The van der Waals surface area contributed by atoms with Crippen LogP contribution in [0.25, 0.3) is 11.2 Å². The predicted molar refractivity (Wildman–Crippen MR) is 87.3 cm³/mol. The first-order valence-corrected chi connectivity index (χ1v) is 8.02. The lowest BCUT2D eigenvalue weighted by Gasteiger charge is -2.15. The fraction of sp³-hybridized carbons (Fsp3) is 0.600. The maximum absolute atomic E-state index is 11.6. The number of rotatable bonds is 4. The standard InChI is InChI=1S/C12H15N5O4.C3H8/c13-3-9(18)20-4-7-1-2-8(21-7)17-6-16-10-11(17)14-5-15-12(10)19;1-3-2/h5-8H,1-4,13H2,(H,14,15,19);3H2,1-2H3. The van der Waals surface area contributed by atoms with E-state index in [2.05, 4.69) is 28.8 Å². The normalized spacial score (nSPS) is 19.8. The quantitative estimate of drug-likeness (QED) is 0.787. The van der Waals surface area contributed by atoms with E-state index >= 15 is 0 Å². The van der Waals surface area contributed by atoms with Crippen LogP contribution < -0.4 is 11.3 Å². The molecule has 24 heavy (non-hydrogen) atoms. The van der Waals surface area contributed by atoms with Crippen LogP contribution in [0.4, 0.5) is 0 Å². The van der Waals surface area contributed by atoms with E-state index in [1.54, 1.807) is 4.57 Å². The van der Waals surface area contributed by atoms with Crippen LogP contribution in [0.1, 0.15) is 39.3 Å². The van der Waals surface area contributed by atoms with E-state index < -0.39 is 5.97 Å². The van der Waals surface area contributed by atoms with Crippen LogP contribution in [0.15, 0.2) is 17.4 Å². The number of hydrogen-bond acceptors (Lipinski definition) is 7. The number of nitrogens with zero attached hydrogens (tertiary/aromatic N) is 3. The third-order valence-electron chi connectivity index (χ3n) is 3.36. The van der Waals surface area contributed by atoms with Gasteiger partial charge in [0.05, 0.1) is 25.3 Å². The molecule has 3 N–H and O–H groups in total. The molecule has 2 aromatic rings. The van der Waals surface area contributed by atoms with Crippen LogP contribution in [0.2, 0.25) is 0 Å². The molecule has 2 aromatic heterocycles. The monoisotopic (exact) mass is 337 g/mol. The van der Waals surface area contributed by atoms with Crippen molar-refractivity contribution in [2.24, 2.45) is 5.73 Å². The van der Waals surface area contributed by atoms with Gasteiger partial charge in [0, 0.05) is 0 Å². The summed E-state index contributed by atoms with van der Waals surface area (Å²) in [5.41, 5.74) is 5.63. The maximum Gasteiger partial charge on any atom is 0.319 e. The number of fused-ring (bicyclic) bond motifs is 1. The Bertz CT molecular complexity index is 726. The van der Waals surface area contributed by atoms with Crippen LogP contribution in [0, 0.1) is 0 Å². The molecule has 9 nitrogen and oxygen atoms in total. The summed E-state index contributed by atoms with van der Waals surface area (Å²) >= 11 is 0. The molecule has 1 aliphatic heterocycles. The van der Waals surface area contributed by atoms with Crippen molar-refractivity contribution < 1.29 is 14.3 Å². The number of hydrogen-bond donors (Lipinski definition) is 2. The Morgan fingerprint density at radius 3 is 2.92 bits per heavy atom. The van der Waals surface area contributed by atoms with E-state index in [9.17, 15) is 9.59 Å². The second kappa shape index (κ2) is 8.55. The van der Waals surface area contributed by atoms with Crippen LogP contribution in [-0.2, 0) is 14.3 Å². The van der Waals surface area contributed by atoms with Crippen molar-refractivity contribution in [3.63, 3.8) is 0 Å². The largest absolute Gasteiger partial charge is 0.462 e. The molecular formula is C15H23N5O4. The van der Waals surface area contributed by atoms with Gasteiger partial charge in [-0.15, -0.1) is 0 Å². The minimum Gasteiger partial charge on any atom is -0.462 e. The number of aromatic nitrogens is 4. The molecule has 1 fully saturated rings. The smallest absolute Gasteiger partial charge is 0.319 e. The Hall–Kier alpha value is -2.26. The van der Waals surface area contributed by atoms with Gasteiger partial charge in [0.2, 0.25) is 0 Å². The first-order chi connectivity index (χ1) is 11.6. The highest BCUT2D eigenvalue weighted by Gasteiger charge is 2.29. The number of carbonyl (C=O) groups is 1. The molecule has 1 aliphatic rings. The van der Waals surface area contributed by atoms with Gasteiger partial charge in [-0.3, -0.25) is 14.2 Å². The summed E-state index contributed by atoms with van der Waals surface area (Å²) in [6.45, 7) is 4.28. The molecule has 9 heteroatoms. The highest BCUT2D eigenvalue weighted by atomic mass is 16.6. The van der Waals surface area contributed by atoms with Gasteiger partial charge in [0.1, 0.15) is 12.8 Å². The summed E-state index contributed by atoms with van der Waals surface area (Å²) in [4.78, 5) is 33.3. The van der Waals surface area contributed by atoms with E-state index in [0.717, 1.165) is 12.8 Å². The highest BCUT2D eigenvalue weighted by Crippen LogP contribution is 2.29. The lowest BCUT2D eigenvalue weighted by atomic mass is 10.2. The molecule has 0 amide bonds. The summed E-state index contributed by atoms with van der Waals surface area (Å²) in [6, 6.07) is 0. The Morgan fingerprint density at radius 1 is 1.46 bits per heavy atom. The van der Waals surface area contributed by atoms with Gasteiger partial charge in [-0.2, -0.15) is 0 Å². The number of imidazole rings is 1. The van der Waals surface area contributed by atoms with Gasteiger partial charge < -0.3 is 20.2 Å². The number of ether oxygens (including phenoxy) is 2. The molecule has 0 radical (unpaired) electrons. The third kappa shape index (κ3) is 4.18. The van der Waals surface area contributed by atoms with Crippen LogP contribution in [0.3, 0.4) is 0 Å². The van der Waals surface area contributed by atoms with Crippen molar-refractivity contribution in [3.8, 4) is 0 Å². The van der Waals surface area contributed by atoms with Gasteiger partial charge >= 0.3 is 5.97 Å². The van der Waals surface area contributed by atoms with E-state index in [1.807, 2.05) is 0 Å².